The first kappa shape index (κ1) is 16.8. The molecule has 0 N–H and O–H groups in total. The molecular weight excluding hydrogens is 230 g/mol. The van der Waals surface area contributed by atoms with Crippen LogP contribution in [0, 0.1) is 0 Å². The maximum atomic E-state index is 5.42. The fourth-order valence-electron chi connectivity index (χ4n) is 1.64. The zero-order chi connectivity index (χ0) is 12.9. The molecule has 0 aliphatic heterocycles. The third-order valence-corrected chi connectivity index (χ3v) is 4.47. The largest absolute Gasteiger partial charge is 0.380 e. The van der Waals surface area contributed by atoms with Gasteiger partial charge in [-0.25, -0.2) is 0 Å². The van der Waals surface area contributed by atoms with Gasteiger partial charge in [0.05, 0.1) is 22.0 Å². The lowest BCUT2D eigenvalue weighted by molar-refractivity contribution is 0.0899. The Morgan fingerprint density at radius 3 is 2.06 bits per heavy atom. The van der Waals surface area contributed by atoms with Crippen LogP contribution in [0.4, 0.5) is 0 Å². The van der Waals surface area contributed by atoms with E-state index in [4.69, 9.17) is 9.47 Å². The molecule has 4 heteroatoms. The van der Waals surface area contributed by atoms with Crippen LogP contribution in [-0.4, -0.2) is 59.4 Å². The zero-order valence-corrected chi connectivity index (χ0v) is 12.7. The van der Waals surface area contributed by atoms with Crippen molar-refractivity contribution in [3.8, 4) is 0 Å². The third-order valence-electron chi connectivity index (χ3n) is 2.50. The molecule has 0 aromatic carbocycles. The summed E-state index contributed by atoms with van der Waals surface area (Å²) in [6, 6.07) is 1.17. The first-order valence-corrected chi connectivity index (χ1v) is 8.96. The van der Waals surface area contributed by atoms with Crippen LogP contribution in [0.15, 0.2) is 12.7 Å². The summed E-state index contributed by atoms with van der Waals surface area (Å²) in [7, 11) is -0.316. The van der Waals surface area contributed by atoms with E-state index in [1.165, 1.54) is 12.2 Å². The molecule has 0 saturated heterocycles. The average Bonchev–Trinajstić information content (AvgIpc) is 2.29. The Balaban J connectivity index is 3.86. The Morgan fingerprint density at radius 1 is 1.12 bits per heavy atom. The van der Waals surface area contributed by atoms with Crippen molar-refractivity contribution in [2.45, 2.75) is 26.4 Å². The van der Waals surface area contributed by atoms with Gasteiger partial charge in [0.1, 0.15) is 0 Å². The minimum Gasteiger partial charge on any atom is -0.380 e. The van der Waals surface area contributed by atoms with Crippen molar-refractivity contribution in [3.63, 3.8) is 0 Å². The minimum atomic E-state index is -0.316. The second kappa shape index (κ2) is 12.3. The number of ether oxygens (including phenoxy) is 2. The maximum Gasteiger partial charge on any atom is 0.0656 e. The number of nitrogens with zero attached hydrogens (tertiary/aromatic N) is 1. The molecule has 0 bridgehead atoms. The predicted molar refractivity (Wildman–Crippen MR) is 76.0 cm³/mol. The highest BCUT2D eigenvalue weighted by Gasteiger charge is 2.10. The molecule has 101 valence electrons. The monoisotopic (exact) mass is 258 g/mol. The highest BCUT2D eigenvalue weighted by atomic mass is 28.3. The van der Waals surface area contributed by atoms with Crippen LogP contribution in [0.3, 0.4) is 0 Å². The van der Waals surface area contributed by atoms with Gasteiger partial charge in [0, 0.05) is 26.3 Å². The van der Waals surface area contributed by atoms with Crippen molar-refractivity contribution in [2.75, 3.05) is 45.7 Å². The zero-order valence-electron chi connectivity index (χ0n) is 11.7. The van der Waals surface area contributed by atoms with Crippen molar-refractivity contribution >= 4 is 8.80 Å². The fourth-order valence-corrected chi connectivity index (χ4v) is 3.34. The molecule has 0 atom stereocenters. The Labute approximate surface area is 108 Å². The van der Waals surface area contributed by atoms with Crippen LogP contribution < -0.4 is 0 Å². The first-order chi connectivity index (χ1) is 8.24. The van der Waals surface area contributed by atoms with Gasteiger partial charge < -0.3 is 14.4 Å². The predicted octanol–water partition coefficient (Wildman–Crippen LogP) is 2.21. The number of rotatable bonds is 12. The van der Waals surface area contributed by atoms with E-state index in [1.807, 2.05) is 19.9 Å². The van der Waals surface area contributed by atoms with Crippen LogP contribution in [0.25, 0.3) is 0 Å². The van der Waals surface area contributed by atoms with E-state index in [0.717, 1.165) is 39.5 Å². The minimum absolute atomic E-state index is 0.316. The summed E-state index contributed by atoms with van der Waals surface area (Å²) in [6.45, 7) is 15.5. The second-order valence-corrected chi connectivity index (χ2v) is 6.76. The summed E-state index contributed by atoms with van der Waals surface area (Å²) in [5.41, 5.74) is 0. The van der Waals surface area contributed by atoms with Crippen molar-refractivity contribution in [1.82, 2.24) is 4.90 Å². The quantitative estimate of drug-likeness (QED) is 0.304. The van der Waals surface area contributed by atoms with Crippen LogP contribution in [-0.2, 0) is 9.47 Å². The van der Waals surface area contributed by atoms with Crippen LogP contribution >= 0.6 is 0 Å². The van der Waals surface area contributed by atoms with Crippen LogP contribution in [0.2, 0.25) is 12.6 Å². The first-order valence-electron chi connectivity index (χ1n) is 6.54. The molecule has 17 heavy (non-hydrogen) atoms. The SMILES string of the molecule is C=CC[Si](C)CN(CCOCC)CCOCC. The molecule has 0 aliphatic rings. The highest BCUT2D eigenvalue weighted by molar-refractivity contribution is 6.57. The van der Waals surface area contributed by atoms with Gasteiger partial charge in [-0.05, 0) is 26.1 Å². The number of hydrogen-bond acceptors (Lipinski definition) is 3. The van der Waals surface area contributed by atoms with E-state index in [2.05, 4.69) is 18.0 Å². The molecule has 1 radical (unpaired) electrons. The molecule has 0 spiro atoms. The van der Waals surface area contributed by atoms with Crippen molar-refractivity contribution < 1.29 is 9.47 Å². The lowest BCUT2D eigenvalue weighted by atomic mass is 10.5. The number of hydrogen-bond donors (Lipinski definition) is 0. The maximum absolute atomic E-state index is 5.42. The van der Waals surface area contributed by atoms with Crippen LogP contribution in [0.5, 0.6) is 0 Å². The van der Waals surface area contributed by atoms with E-state index >= 15 is 0 Å². The van der Waals surface area contributed by atoms with Crippen LogP contribution in [0.1, 0.15) is 13.8 Å². The van der Waals surface area contributed by atoms with E-state index in [9.17, 15) is 0 Å². The van der Waals surface area contributed by atoms with E-state index < -0.39 is 0 Å². The fraction of sp³-hybridized carbons (Fsp3) is 0.846. The van der Waals surface area contributed by atoms with Crippen molar-refractivity contribution in [2.24, 2.45) is 0 Å². The molecule has 0 aliphatic carbocycles. The van der Waals surface area contributed by atoms with Gasteiger partial charge in [-0.3, -0.25) is 0 Å². The molecule has 0 rings (SSSR count). The smallest absolute Gasteiger partial charge is 0.0656 e. The summed E-state index contributed by atoms with van der Waals surface area (Å²) < 4.78 is 10.8. The average molecular weight is 258 g/mol. The molecule has 0 saturated carbocycles. The van der Waals surface area contributed by atoms with E-state index in [1.54, 1.807) is 0 Å². The Kier molecular flexibility index (Phi) is 12.2. The summed E-state index contributed by atoms with van der Waals surface area (Å²) in [6.07, 6.45) is 3.23. The Bertz CT molecular complexity index is 169. The standard InChI is InChI=1S/C13H28NO2Si/c1-5-12-17(4)13-14(8-10-15-6-2)9-11-16-7-3/h5H,1,6-13H2,2-4H3. The summed E-state index contributed by atoms with van der Waals surface area (Å²) >= 11 is 0. The lowest BCUT2D eigenvalue weighted by Crippen LogP contribution is -2.38. The molecular formula is C13H28NO2Si. The molecule has 0 amide bonds. The second-order valence-electron chi connectivity index (χ2n) is 4.12. The summed E-state index contributed by atoms with van der Waals surface area (Å²) in [5, 5.41) is 0. The Morgan fingerprint density at radius 2 is 1.65 bits per heavy atom. The topological polar surface area (TPSA) is 21.7 Å². The third kappa shape index (κ3) is 10.7. The Hall–Kier alpha value is -0.163. The van der Waals surface area contributed by atoms with Crippen molar-refractivity contribution in [3.05, 3.63) is 12.7 Å². The molecule has 3 nitrogen and oxygen atoms in total. The van der Waals surface area contributed by atoms with Gasteiger partial charge in [-0.2, -0.15) is 0 Å². The summed E-state index contributed by atoms with van der Waals surface area (Å²) in [5.74, 6) is 0. The normalized spacial score (nSPS) is 11.4. The molecule has 0 fully saturated rings. The van der Waals surface area contributed by atoms with Gasteiger partial charge >= 0.3 is 0 Å². The molecule has 0 unspecified atom stereocenters. The lowest BCUT2D eigenvalue weighted by Gasteiger charge is -2.24. The van der Waals surface area contributed by atoms with Gasteiger partial charge in [0.15, 0.2) is 0 Å². The van der Waals surface area contributed by atoms with Crippen molar-refractivity contribution in [1.29, 1.82) is 0 Å². The van der Waals surface area contributed by atoms with Gasteiger partial charge in [-0.15, -0.1) is 6.58 Å². The molecule has 0 heterocycles. The molecule has 0 aromatic heterocycles. The van der Waals surface area contributed by atoms with Gasteiger partial charge in [-0.1, -0.05) is 12.6 Å². The van der Waals surface area contributed by atoms with E-state index in [0.29, 0.717) is 0 Å². The summed E-state index contributed by atoms with van der Waals surface area (Å²) in [4.78, 5) is 2.46. The highest BCUT2D eigenvalue weighted by Crippen LogP contribution is 1.98. The van der Waals surface area contributed by atoms with Gasteiger partial charge in [0.2, 0.25) is 0 Å². The number of allylic oxidation sites excluding steroid dienone is 1. The van der Waals surface area contributed by atoms with E-state index in [-0.39, 0.29) is 8.80 Å². The molecule has 0 aromatic rings. The van der Waals surface area contributed by atoms with Gasteiger partial charge in [0.25, 0.3) is 0 Å².